The second kappa shape index (κ2) is 8.29. The van der Waals surface area contributed by atoms with Crippen molar-refractivity contribution in [3.63, 3.8) is 0 Å². The number of benzene rings is 2. The first-order valence-corrected chi connectivity index (χ1v) is 8.34. The van der Waals surface area contributed by atoms with Crippen molar-refractivity contribution in [3.8, 4) is 17.1 Å². The minimum Gasteiger partial charge on any atom is -0.494 e. The molecule has 0 fully saturated rings. The van der Waals surface area contributed by atoms with Crippen LogP contribution in [0.4, 0.5) is 4.39 Å². The zero-order valence-electron chi connectivity index (χ0n) is 14.4. The van der Waals surface area contributed by atoms with Crippen molar-refractivity contribution >= 4 is 5.91 Å². The molecule has 0 saturated carbocycles. The molecular formula is C20H19FN2O3. The Morgan fingerprint density at radius 2 is 1.96 bits per heavy atom. The van der Waals surface area contributed by atoms with Gasteiger partial charge in [-0.15, -0.1) is 0 Å². The number of amides is 1. The minimum absolute atomic E-state index is 0.135. The van der Waals surface area contributed by atoms with E-state index in [1.807, 2.05) is 31.2 Å². The zero-order chi connectivity index (χ0) is 18.4. The summed E-state index contributed by atoms with van der Waals surface area (Å²) in [6.45, 7) is 2.74. The molecule has 1 heterocycles. The van der Waals surface area contributed by atoms with Crippen molar-refractivity contribution in [3.05, 3.63) is 71.7 Å². The zero-order valence-corrected chi connectivity index (χ0v) is 14.4. The summed E-state index contributed by atoms with van der Waals surface area (Å²) >= 11 is 0. The summed E-state index contributed by atoms with van der Waals surface area (Å²) in [5.41, 5.74) is 1.76. The Hall–Kier alpha value is -3.15. The molecule has 0 unspecified atom stereocenters. The van der Waals surface area contributed by atoms with E-state index in [0.29, 0.717) is 23.6 Å². The molecule has 3 rings (SSSR count). The van der Waals surface area contributed by atoms with Crippen molar-refractivity contribution in [2.75, 3.05) is 6.61 Å². The molecule has 0 bridgehead atoms. The standard InChI is InChI=1S/C20H19FN2O3/c1-2-25-16-9-7-14(8-10-16)11-20(24)22-13-15-12-19(26-23-15)17-5-3-4-6-18(17)21/h3-10,12H,2,11,13H2,1H3,(H,22,24). The number of ether oxygens (including phenoxy) is 1. The van der Waals surface area contributed by atoms with Crippen LogP contribution in [0, 0.1) is 5.82 Å². The van der Waals surface area contributed by atoms with E-state index in [9.17, 15) is 9.18 Å². The fraction of sp³-hybridized carbons (Fsp3) is 0.200. The monoisotopic (exact) mass is 354 g/mol. The van der Waals surface area contributed by atoms with Gasteiger partial charge < -0.3 is 14.6 Å². The van der Waals surface area contributed by atoms with Gasteiger partial charge in [0, 0.05) is 6.07 Å². The number of nitrogens with zero attached hydrogens (tertiary/aromatic N) is 1. The molecule has 1 aromatic heterocycles. The highest BCUT2D eigenvalue weighted by Crippen LogP contribution is 2.23. The SMILES string of the molecule is CCOc1ccc(CC(=O)NCc2cc(-c3ccccc3F)on2)cc1. The van der Waals surface area contributed by atoms with E-state index in [4.69, 9.17) is 9.26 Å². The number of rotatable bonds is 7. The van der Waals surface area contributed by atoms with Gasteiger partial charge in [-0.25, -0.2) is 4.39 Å². The third kappa shape index (κ3) is 4.47. The highest BCUT2D eigenvalue weighted by Gasteiger charge is 2.11. The topological polar surface area (TPSA) is 64.4 Å². The summed E-state index contributed by atoms with van der Waals surface area (Å²) in [7, 11) is 0. The molecular weight excluding hydrogens is 335 g/mol. The van der Waals surface area contributed by atoms with Gasteiger partial charge in [0.05, 0.1) is 25.1 Å². The molecule has 0 saturated heterocycles. The lowest BCUT2D eigenvalue weighted by Gasteiger charge is -2.05. The second-order valence-corrected chi connectivity index (χ2v) is 5.69. The number of nitrogens with one attached hydrogen (secondary N) is 1. The summed E-state index contributed by atoms with van der Waals surface area (Å²) < 4.78 is 24.3. The van der Waals surface area contributed by atoms with E-state index in [1.165, 1.54) is 6.07 Å². The van der Waals surface area contributed by atoms with Crippen LogP contribution in [0.3, 0.4) is 0 Å². The molecule has 0 aliphatic rings. The van der Waals surface area contributed by atoms with Gasteiger partial charge in [0.1, 0.15) is 17.3 Å². The average molecular weight is 354 g/mol. The Labute approximate surface area is 150 Å². The van der Waals surface area contributed by atoms with Crippen molar-refractivity contribution in [2.45, 2.75) is 19.9 Å². The van der Waals surface area contributed by atoms with E-state index < -0.39 is 0 Å². The Kier molecular flexibility index (Phi) is 5.63. The van der Waals surface area contributed by atoms with E-state index in [2.05, 4.69) is 10.5 Å². The smallest absolute Gasteiger partial charge is 0.224 e. The summed E-state index contributed by atoms with van der Waals surface area (Å²) in [5, 5.41) is 6.65. The van der Waals surface area contributed by atoms with E-state index in [0.717, 1.165) is 11.3 Å². The number of halogens is 1. The van der Waals surface area contributed by atoms with Crippen LogP contribution in [-0.2, 0) is 17.8 Å². The quantitative estimate of drug-likeness (QED) is 0.702. The van der Waals surface area contributed by atoms with Gasteiger partial charge in [0.2, 0.25) is 5.91 Å². The summed E-state index contributed by atoms with van der Waals surface area (Å²) in [6.07, 6.45) is 0.254. The number of hydrogen-bond donors (Lipinski definition) is 1. The van der Waals surface area contributed by atoms with Gasteiger partial charge in [-0.05, 0) is 36.8 Å². The molecule has 0 atom stereocenters. The lowest BCUT2D eigenvalue weighted by molar-refractivity contribution is -0.120. The van der Waals surface area contributed by atoms with Crippen LogP contribution in [-0.4, -0.2) is 17.7 Å². The number of aromatic nitrogens is 1. The molecule has 5 nitrogen and oxygen atoms in total. The molecule has 0 radical (unpaired) electrons. The van der Waals surface area contributed by atoms with Gasteiger partial charge in [-0.3, -0.25) is 4.79 Å². The first-order chi connectivity index (χ1) is 12.7. The molecule has 2 aromatic carbocycles. The van der Waals surface area contributed by atoms with Crippen molar-refractivity contribution in [2.24, 2.45) is 0 Å². The van der Waals surface area contributed by atoms with Crippen LogP contribution in [0.2, 0.25) is 0 Å². The van der Waals surface area contributed by atoms with Gasteiger partial charge in [-0.1, -0.05) is 29.4 Å². The number of carbonyl (C=O) groups excluding carboxylic acids is 1. The summed E-state index contributed by atoms with van der Waals surface area (Å²) in [6, 6.07) is 15.3. The van der Waals surface area contributed by atoms with Crippen molar-refractivity contribution in [1.82, 2.24) is 10.5 Å². The average Bonchev–Trinajstić information content (AvgIpc) is 3.11. The number of carbonyl (C=O) groups is 1. The van der Waals surface area contributed by atoms with Crippen LogP contribution in [0.25, 0.3) is 11.3 Å². The van der Waals surface area contributed by atoms with Crippen LogP contribution in [0.1, 0.15) is 18.2 Å². The van der Waals surface area contributed by atoms with Gasteiger partial charge in [-0.2, -0.15) is 0 Å². The molecule has 1 amide bonds. The largest absolute Gasteiger partial charge is 0.494 e. The second-order valence-electron chi connectivity index (χ2n) is 5.69. The molecule has 26 heavy (non-hydrogen) atoms. The predicted molar refractivity (Wildman–Crippen MR) is 95.1 cm³/mol. The fourth-order valence-electron chi connectivity index (χ4n) is 2.49. The molecule has 6 heteroatoms. The van der Waals surface area contributed by atoms with Crippen LogP contribution in [0.5, 0.6) is 5.75 Å². The lowest BCUT2D eigenvalue weighted by Crippen LogP contribution is -2.24. The van der Waals surface area contributed by atoms with Crippen LogP contribution in [0.15, 0.2) is 59.1 Å². The maximum atomic E-state index is 13.8. The van der Waals surface area contributed by atoms with Crippen molar-refractivity contribution in [1.29, 1.82) is 0 Å². The van der Waals surface area contributed by atoms with Gasteiger partial charge >= 0.3 is 0 Å². The molecule has 0 aliphatic heterocycles. The third-order valence-electron chi connectivity index (χ3n) is 3.76. The van der Waals surface area contributed by atoms with Crippen LogP contribution >= 0.6 is 0 Å². The van der Waals surface area contributed by atoms with Gasteiger partial charge in [0.25, 0.3) is 0 Å². The highest BCUT2D eigenvalue weighted by molar-refractivity contribution is 5.78. The third-order valence-corrected chi connectivity index (χ3v) is 3.76. The normalized spacial score (nSPS) is 10.5. The Balaban J connectivity index is 1.54. The molecule has 0 aliphatic carbocycles. The van der Waals surface area contributed by atoms with Crippen molar-refractivity contribution < 1.29 is 18.4 Å². The predicted octanol–water partition coefficient (Wildman–Crippen LogP) is 3.74. The van der Waals surface area contributed by atoms with Crippen LogP contribution < -0.4 is 10.1 Å². The maximum Gasteiger partial charge on any atom is 0.224 e. The molecule has 3 aromatic rings. The first kappa shape index (κ1) is 17.7. The van der Waals surface area contributed by atoms with Gasteiger partial charge in [0.15, 0.2) is 5.76 Å². The first-order valence-electron chi connectivity index (χ1n) is 8.34. The molecule has 134 valence electrons. The molecule has 0 spiro atoms. The maximum absolute atomic E-state index is 13.8. The Morgan fingerprint density at radius 3 is 2.69 bits per heavy atom. The fourth-order valence-corrected chi connectivity index (χ4v) is 2.49. The van der Waals surface area contributed by atoms with E-state index >= 15 is 0 Å². The molecule has 1 N–H and O–H groups in total. The van der Waals surface area contributed by atoms with E-state index in [-0.39, 0.29) is 24.7 Å². The van der Waals surface area contributed by atoms with E-state index in [1.54, 1.807) is 24.3 Å². The summed E-state index contributed by atoms with van der Waals surface area (Å²) in [4.78, 5) is 12.1. The Morgan fingerprint density at radius 1 is 1.19 bits per heavy atom. The minimum atomic E-state index is -0.380. The highest BCUT2D eigenvalue weighted by atomic mass is 19.1. The lowest BCUT2D eigenvalue weighted by atomic mass is 10.1. The number of hydrogen-bond acceptors (Lipinski definition) is 4. The Bertz CT molecular complexity index is 875. The summed E-state index contributed by atoms with van der Waals surface area (Å²) in [5.74, 6) is 0.595.